The predicted molar refractivity (Wildman–Crippen MR) is 157 cm³/mol. The van der Waals surface area contributed by atoms with Gasteiger partial charge in [-0.05, 0) is 86.3 Å². The van der Waals surface area contributed by atoms with E-state index in [1.54, 1.807) is 24.1 Å². The number of hydrogen-bond donors (Lipinski definition) is 1. The van der Waals surface area contributed by atoms with Crippen LogP contribution in [-0.4, -0.2) is 42.0 Å². The number of nitrogens with zero attached hydrogens (tertiary/aromatic N) is 2. The van der Waals surface area contributed by atoms with Gasteiger partial charge in [0.25, 0.3) is 0 Å². The van der Waals surface area contributed by atoms with E-state index >= 15 is 0 Å². The van der Waals surface area contributed by atoms with Crippen LogP contribution in [0.1, 0.15) is 35.4 Å². The summed E-state index contributed by atoms with van der Waals surface area (Å²) in [5, 5.41) is 4.34. The molecule has 5 rings (SSSR count). The van der Waals surface area contributed by atoms with Crippen LogP contribution in [-0.2, 0) is 17.5 Å². The lowest BCUT2D eigenvalue weighted by Crippen LogP contribution is -2.36. The molecular formula is C30H34FN3O2S2. The van der Waals surface area contributed by atoms with Gasteiger partial charge < -0.3 is 14.0 Å². The summed E-state index contributed by atoms with van der Waals surface area (Å²) in [6.45, 7) is 4.21. The third-order valence-corrected chi connectivity index (χ3v) is 9.47. The maximum Gasteiger partial charge on any atom is 0.139 e. The van der Waals surface area contributed by atoms with Crippen LogP contribution in [0.25, 0.3) is 22.3 Å². The molecule has 2 heterocycles. The SMILES string of the molecule is CNCc1c(-c2ccc(F)cc2)oc2cc(N(C)SC)c([C@H]3CCCN(S(=O)c4cccc(C)c4)C3)cc12. The van der Waals surface area contributed by atoms with Crippen molar-refractivity contribution >= 4 is 39.6 Å². The van der Waals surface area contributed by atoms with E-state index in [9.17, 15) is 8.60 Å². The lowest BCUT2D eigenvalue weighted by Gasteiger charge is -2.34. The minimum absolute atomic E-state index is 0.234. The largest absolute Gasteiger partial charge is 0.456 e. The van der Waals surface area contributed by atoms with E-state index in [0.29, 0.717) is 6.54 Å². The lowest BCUT2D eigenvalue weighted by molar-refractivity contribution is 0.331. The standard InChI is InChI=1S/C30H34FN3O2S2/c1-20-7-5-9-24(15-20)38(35)34-14-6-8-22(19-34)25-16-26-27(18-32-2)30(21-10-12-23(31)13-11-21)36-29(26)17-28(25)33(3)37-4/h5,7,9-13,15-17,22,32H,6,8,14,18-19H2,1-4H3/t22-,38?/m0/s1. The molecule has 1 aliphatic rings. The zero-order chi connectivity index (χ0) is 26.8. The van der Waals surface area contributed by atoms with Crippen molar-refractivity contribution in [2.24, 2.45) is 0 Å². The average molecular weight is 552 g/mol. The highest BCUT2D eigenvalue weighted by atomic mass is 32.2. The Balaban J connectivity index is 1.57. The first-order valence-electron chi connectivity index (χ1n) is 12.9. The Morgan fingerprint density at radius 2 is 1.97 bits per heavy atom. The van der Waals surface area contributed by atoms with E-state index in [1.165, 1.54) is 17.7 Å². The quantitative estimate of drug-likeness (QED) is 0.242. The van der Waals surface area contributed by atoms with Gasteiger partial charge >= 0.3 is 0 Å². The van der Waals surface area contributed by atoms with Crippen LogP contribution in [0.5, 0.6) is 0 Å². The van der Waals surface area contributed by atoms with Crippen molar-refractivity contribution in [1.82, 2.24) is 9.62 Å². The van der Waals surface area contributed by atoms with Gasteiger partial charge in [-0.25, -0.2) is 12.9 Å². The van der Waals surface area contributed by atoms with Crippen LogP contribution in [0.3, 0.4) is 0 Å². The summed E-state index contributed by atoms with van der Waals surface area (Å²) in [5.74, 6) is 0.726. The van der Waals surface area contributed by atoms with Crippen molar-refractivity contribution in [2.45, 2.75) is 37.1 Å². The van der Waals surface area contributed by atoms with E-state index in [1.807, 2.05) is 38.2 Å². The molecule has 4 aromatic rings. The van der Waals surface area contributed by atoms with Crippen molar-refractivity contribution in [2.75, 3.05) is 37.7 Å². The van der Waals surface area contributed by atoms with Crippen molar-refractivity contribution in [3.8, 4) is 11.3 Å². The summed E-state index contributed by atoms with van der Waals surface area (Å²) < 4.78 is 37.9. The summed E-state index contributed by atoms with van der Waals surface area (Å²) in [5.41, 5.74) is 6.19. The maximum absolute atomic E-state index is 13.6. The maximum atomic E-state index is 13.6. The number of furan rings is 1. The molecule has 2 atom stereocenters. The fraction of sp³-hybridized carbons (Fsp3) is 0.333. The number of aryl methyl sites for hydroxylation is 1. The third kappa shape index (κ3) is 5.41. The van der Waals surface area contributed by atoms with Gasteiger partial charge in [0.2, 0.25) is 0 Å². The monoisotopic (exact) mass is 551 g/mol. The number of fused-ring (bicyclic) bond motifs is 1. The number of nitrogens with one attached hydrogen (secondary N) is 1. The van der Waals surface area contributed by atoms with Gasteiger partial charge in [0.15, 0.2) is 0 Å². The Bertz CT molecular complexity index is 1450. The molecule has 1 aliphatic heterocycles. The number of hydrogen-bond acceptors (Lipinski definition) is 5. The zero-order valence-corrected chi connectivity index (χ0v) is 23.9. The zero-order valence-electron chi connectivity index (χ0n) is 22.3. The molecule has 3 aromatic carbocycles. The van der Waals surface area contributed by atoms with Gasteiger partial charge in [-0.15, -0.1) is 0 Å². The Kier molecular flexibility index (Phi) is 8.23. The van der Waals surface area contributed by atoms with E-state index in [-0.39, 0.29) is 11.7 Å². The summed E-state index contributed by atoms with van der Waals surface area (Å²) in [7, 11) is 2.79. The van der Waals surface area contributed by atoms with E-state index < -0.39 is 11.0 Å². The Morgan fingerprint density at radius 1 is 1.18 bits per heavy atom. The number of benzene rings is 3. The molecule has 0 spiro atoms. The third-order valence-electron chi connectivity index (χ3n) is 7.26. The van der Waals surface area contributed by atoms with Crippen LogP contribution in [0.2, 0.25) is 0 Å². The first kappa shape index (κ1) is 26.9. The van der Waals surface area contributed by atoms with Gasteiger partial charge in [0, 0.05) is 55.5 Å². The Labute approximate surface area is 231 Å². The molecule has 0 bridgehead atoms. The van der Waals surface area contributed by atoms with Gasteiger partial charge in [0.1, 0.15) is 28.1 Å². The molecule has 1 fully saturated rings. The summed E-state index contributed by atoms with van der Waals surface area (Å²) in [4.78, 5) is 0.859. The van der Waals surface area contributed by atoms with Crippen molar-refractivity contribution < 1.29 is 13.0 Å². The highest BCUT2D eigenvalue weighted by Gasteiger charge is 2.29. The fourth-order valence-electron chi connectivity index (χ4n) is 5.30. The minimum Gasteiger partial charge on any atom is -0.456 e. The van der Waals surface area contributed by atoms with Crippen LogP contribution < -0.4 is 9.62 Å². The molecule has 8 heteroatoms. The minimum atomic E-state index is -1.20. The van der Waals surface area contributed by atoms with Crippen LogP contribution in [0, 0.1) is 12.7 Å². The van der Waals surface area contributed by atoms with Gasteiger partial charge in [-0.1, -0.05) is 24.1 Å². The molecule has 1 N–H and O–H groups in total. The van der Waals surface area contributed by atoms with Crippen LogP contribution in [0.4, 0.5) is 10.1 Å². The molecule has 0 saturated carbocycles. The smallest absolute Gasteiger partial charge is 0.139 e. The molecule has 0 amide bonds. The van der Waals surface area contributed by atoms with Crippen molar-refractivity contribution in [1.29, 1.82) is 0 Å². The molecule has 1 unspecified atom stereocenters. The van der Waals surface area contributed by atoms with Gasteiger partial charge in [0.05, 0.1) is 10.6 Å². The predicted octanol–water partition coefficient (Wildman–Crippen LogP) is 6.88. The second-order valence-corrected chi connectivity index (χ2v) is 12.2. The molecular weight excluding hydrogens is 517 g/mol. The summed E-state index contributed by atoms with van der Waals surface area (Å²) >= 11 is 1.65. The van der Waals surface area contributed by atoms with Crippen LogP contribution in [0.15, 0.2) is 70.0 Å². The first-order chi connectivity index (χ1) is 18.4. The highest BCUT2D eigenvalue weighted by molar-refractivity contribution is 7.99. The average Bonchev–Trinajstić information content (AvgIpc) is 3.29. The van der Waals surface area contributed by atoms with Crippen molar-refractivity contribution in [3.63, 3.8) is 0 Å². The van der Waals surface area contributed by atoms with Crippen molar-refractivity contribution in [3.05, 3.63) is 83.2 Å². The summed E-state index contributed by atoms with van der Waals surface area (Å²) in [6.07, 6.45) is 4.08. The highest BCUT2D eigenvalue weighted by Crippen LogP contribution is 2.42. The number of anilines is 1. The normalized spacial score (nSPS) is 17.1. The molecule has 1 saturated heterocycles. The molecule has 0 radical (unpaired) electrons. The number of rotatable bonds is 8. The molecule has 1 aromatic heterocycles. The number of piperidine rings is 1. The number of halogens is 1. The topological polar surface area (TPSA) is 48.7 Å². The lowest BCUT2D eigenvalue weighted by atomic mass is 9.89. The van der Waals surface area contributed by atoms with E-state index in [2.05, 4.69) is 39.4 Å². The van der Waals surface area contributed by atoms with Crippen LogP contribution >= 0.6 is 11.9 Å². The second kappa shape index (κ2) is 11.6. The second-order valence-electron chi connectivity index (χ2n) is 9.83. The first-order valence-corrected chi connectivity index (χ1v) is 15.2. The molecule has 38 heavy (non-hydrogen) atoms. The van der Waals surface area contributed by atoms with Gasteiger partial charge in [-0.2, -0.15) is 0 Å². The molecule has 200 valence electrons. The fourth-order valence-corrected chi connectivity index (χ4v) is 7.05. The Hall–Kier alpha value is -2.65. The Morgan fingerprint density at radius 3 is 2.68 bits per heavy atom. The molecule has 5 nitrogen and oxygen atoms in total. The van der Waals surface area contributed by atoms with E-state index in [0.717, 1.165) is 69.9 Å². The molecule has 0 aliphatic carbocycles. The van der Waals surface area contributed by atoms with Gasteiger partial charge in [-0.3, -0.25) is 0 Å². The van der Waals surface area contributed by atoms with E-state index in [4.69, 9.17) is 4.42 Å². The summed E-state index contributed by atoms with van der Waals surface area (Å²) in [6, 6.07) is 18.8.